The van der Waals surface area contributed by atoms with Crippen molar-refractivity contribution in [3.63, 3.8) is 0 Å². The summed E-state index contributed by atoms with van der Waals surface area (Å²) >= 11 is 0. The minimum absolute atomic E-state index is 0.0713. The summed E-state index contributed by atoms with van der Waals surface area (Å²) in [5.74, 6) is 1.45. The molecule has 2 aromatic rings. The molecule has 7 nitrogen and oxygen atoms in total. The van der Waals surface area contributed by atoms with Crippen molar-refractivity contribution < 1.29 is 23.5 Å². The second kappa shape index (κ2) is 6.16. The molecule has 0 spiro atoms. The van der Waals surface area contributed by atoms with Gasteiger partial charge in [0, 0.05) is 25.2 Å². The number of benzene rings is 1. The number of methoxy groups -OCH3 is 1. The highest BCUT2D eigenvalue weighted by Crippen LogP contribution is 2.27. The van der Waals surface area contributed by atoms with Gasteiger partial charge in [0.1, 0.15) is 18.1 Å². The number of fused-ring (bicyclic) bond motifs is 1. The maximum atomic E-state index is 12.7. The molecule has 0 radical (unpaired) electrons. The third kappa shape index (κ3) is 2.82. The van der Waals surface area contributed by atoms with E-state index in [4.69, 9.17) is 13.9 Å². The summed E-state index contributed by atoms with van der Waals surface area (Å²) in [5.41, 5.74) is 0.845. The molecule has 130 valence electrons. The monoisotopic (exact) mass is 342 g/mol. The maximum Gasteiger partial charge on any atom is 0.410 e. The highest BCUT2D eigenvalue weighted by atomic mass is 16.6. The topological polar surface area (TPSA) is 72.2 Å². The van der Waals surface area contributed by atoms with Crippen molar-refractivity contribution in [2.24, 2.45) is 0 Å². The Kier molecular flexibility index (Phi) is 3.83. The molecule has 7 heteroatoms. The van der Waals surface area contributed by atoms with Crippen molar-refractivity contribution >= 4 is 12.0 Å². The minimum atomic E-state index is -0.296. The molecular weight excluding hydrogens is 324 g/mol. The van der Waals surface area contributed by atoms with Gasteiger partial charge in [-0.3, -0.25) is 9.69 Å². The molecule has 1 atom stereocenters. The average Bonchev–Trinajstić information content (AvgIpc) is 3.28. The lowest BCUT2D eigenvalue weighted by Crippen LogP contribution is -2.53. The molecule has 2 saturated heterocycles. The number of cyclic esters (lactones) is 1. The number of ether oxygens (including phenoxy) is 2. The van der Waals surface area contributed by atoms with Gasteiger partial charge in [-0.1, -0.05) is 12.1 Å². The fraction of sp³-hybridized carbons (Fsp3) is 0.333. The summed E-state index contributed by atoms with van der Waals surface area (Å²) in [4.78, 5) is 27.6. The number of furan rings is 1. The third-order valence-electron chi connectivity index (χ3n) is 4.57. The number of amides is 2. The van der Waals surface area contributed by atoms with Crippen LogP contribution in [0, 0.1) is 0 Å². The molecule has 3 heterocycles. The van der Waals surface area contributed by atoms with E-state index in [1.165, 1.54) is 0 Å². The largest absolute Gasteiger partial charge is 0.497 e. The minimum Gasteiger partial charge on any atom is -0.497 e. The Balaban J connectivity index is 1.50. The van der Waals surface area contributed by atoms with Crippen LogP contribution >= 0.6 is 0 Å². The first kappa shape index (κ1) is 15.6. The Bertz CT molecular complexity index is 815. The van der Waals surface area contributed by atoms with Gasteiger partial charge in [0.15, 0.2) is 5.76 Å². The zero-order valence-corrected chi connectivity index (χ0v) is 13.8. The molecule has 2 aliphatic rings. The second-order valence-electron chi connectivity index (χ2n) is 6.07. The molecule has 2 amide bonds. The summed E-state index contributed by atoms with van der Waals surface area (Å²) in [7, 11) is 1.60. The fourth-order valence-corrected chi connectivity index (χ4v) is 3.21. The van der Waals surface area contributed by atoms with E-state index in [0.29, 0.717) is 32.0 Å². The van der Waals surface area contributed by atoms with Gasteiger partial charge in [0.05, 0.1) is 13.2 Å². The molecule has 1 aromatic heterocycles. The van der Waals surface area contributed by atoms with Gasteiger partial charge in [0.2, 0.25) is 0 Å². The van der Waals surface area contributed by atoms with Gasteiger partial charge in [-0.2, -0.15) is 0 Å². The number of carbonyl (C=O) groups is 2. The number of nitrogens with zero attached hydrogens (tertiary/aromatic N) is 2. The van der Waals surface area contributed by atoms with Crippen molar-refractivity contribution in [1.29, 1.82) is 0 Å². The molecule has 0 aliphatic carbocycles. The van der Waals surface area contributed by atoms with Gasteiger partial charge in [-0.25, -0.2) is 4.79 Å². The van der Waals surface area contributed by atoms with Crippen molar-refractivity contribution in [1.82, 2.24) is 9.80 Å². The first-order valence-electron chi connectivity index (χ1n) is 8.12. The Labute approximate surface area is 144 Å². The first-order valence-corrected chi connectivity index (χ1v) is 8.12. The van der Waals surface area contributed by atoms with E-state index in [0.717, 1.165) is 11.3 Å². The van der Waals surface area contributed by atoms with E-state index in [1.54, 1.807) is 29.0 Å². The van der Waals surface area contributed by atoms with Crippen LogP contribution in [0.2, 0.25) is 0 Å². The molecule has 0 bridgehead atoms. The van der Waals surface area contributed by atoms with Crippen molar-refractivity contribution in [3.8, 4) is 17.1 Å². The summed E-state index contributed by atoms with van der Waals surface area (Å²) < 4.78 is 16.0. The molecule has 0 unspecified atom stereocenters. The third-order valence-corrected chi connectivity index (χ3v) is 4.57. The fourth-order valence-electron chi connectivity index (χ4n) is 3.21. The lowest BCUT2D eigenvalue weighted by atomic mass is 10.1. The van der Waals surface area contributed by atoms with Crippen LogP contribution in [0.15, 0.2) is 40.8 Å². The lowest BCUT2D eigenvalue weighted by molar-refractivity contribution is 0.0587. The van der Waals surface area contributed by atoms with Crippen LogP contribution in [0.1, 0.15) is 10.6 Å². The number of hydrogen-bond donors (Lipinski definition) is 0. The van der Waals surface area contributed by atoms with Gasteiger partial charge in [-0.05, 0) is 24.3 Å². The molecule has 0 N–H and O–H groups in total. The van der Waals surface area contributed by atoms with Gasteiger partial charge < -0.3 is 18.8 Å². The summed E-state index contributed by atoms with van der Waals surface area (Å²) in [6.07, 6.45) is -0.296. The number of rotatable bonds is 3. The summed E-state index contributed by atoms with van der Waals surface area (Å²) in [6, 6.07) is 10.9. The van der Waals surface area contributed by atoms with E-state index in [2.05, 4.69) is 0 Å². The zero-order chi connectivity index (χ0) is 17.4. The number of piperazine rings is 1. The predicted molar refractivity (Wildman–Crippen MR) is 88.4 cm³/mol. The Morgan fingerprint density at radius 2 is 2.12 bits per heavy atom. The normalized spacial score (nSPS) is 19.6. The predicted octanol–water partition coefficient (Wildman–Crippen LogP) is 2.23. The van der Waals surface area contributed by atoms with Crippen LogP contribution in [0.3, 0.4) is 0 Å². The molecule has 2 aliphatic heterocycles. The molecule has 1 aromatic carbocycles. The van der Waals surface area contributed by atoms with Crippen molar-refractivity contribution in [2.75, 3.05) is 33.4 Å². The van der Waals surface area contributed by atoms with Crippen molar-refractivity contribution in [2.45, 2.75) is 6.04 Å². The maximum absolute atomic E-state index is 12.7. The van der Waals surface area contributed by atoms with Gasteiger partial charge in [0.25, 0.3) is 5.91 Å². The van der Waals surface area contributed by atoms with Crippen LogP contribution in [-0.4, -0.2) is 61.2 Å². The summed E-state index contributed by atoms with van der Waals surface area (Å²) in [5, 5.41) is 0. The van der Waals surface area contributed by atoms with E-state index in [-0.39, 0.29) is 23.8 Å². The van der Waals surface area contributed by atoms with Gasteiger partial charge >= 0.3 is 6.09 Å². The number of hydrogen-bond acceptors (Lipinski definition) is 5. The average molecular weight is 342 g/mol. The van der Waals surface area contributed by atoms with E-state index in [9.17, 15) is 9.59 Å². The zero-order valence-electron chi connectivity index (χ0n) is 13.8. The van der Waals surface area contributed by atoms with Crippen LogP contribution in [-0.2, 0) is 4.74 Å². The Morgan fingerprint density at radius 3 is 2.96 bits per heavy atom. The van der Waals surface area contributed by atoms with Crippen LogP contribution in [0.4, 0.5) is 4.79 Å². The Morgan fingerprint density at radius 1 is 1.24 bits per heavy atom. The van der Waals surface area contributed by atoms with E-state index >= 15 is 0 Å². The van der Waals surface area contributed by atoms with Crippen molar-refractivity contribution in [3.05, 3.63) is 42.2 Å². The highest BCUT2D eigenvalue weighted by Gasteiger charge is 2.39. The van der Waals surface area contributed by atoms with Crippen LogP contribution in [0.25, 0.3) is 11.3 Å². The number of carbonyl (C=O) groups excluding carboxylic acids is 2. The Hall–Kier alpha value is -2.96. The molecular formula is C18H18N2O5. The SMILES string of the molecule is COc1cccc(-c2ccc(C(=O)N3CCN4C(=O)OC[C@@H]4C3)o2)c1. The summed E-state index contributed by atoms with van der Waals surface area (Å²) in [6.45, 7) is 1.74. The standard InChI is InChI=1S/C18H18N2O5/c1-23-14-4-2-3-12(9-14)15-5-6-16(25-15)17(21)19-7-8-20-13(10-19)11-24-18(20)22/h2-6,9,13H,7-8,10-11H2,1H3/t13-/m0/s1. The van der Waals surface area contributed by atoms with E-state index in [1.807, 2.05) is 24.3 Å². The van der Waals surface area contributed by atoms with Crippen LogP contribution in [0.5, 0.6) is 5.75 Å². The first-order chi connectivity index (χ1) is 12.2. The van der Waals surface area contributed by atoms with E-state index < -0.39 is 0 Å². The quantitative estimate of drug-likeness (QED) is 0.855. The highest BCUT2D eigenvalue weighted by molar-refractivity contribution is 5.92. The van der Waals surface area contributed by atoms with Gasteiger partial charge in [-0.15, -0.1) is 0 Å². The second-order valence-corrected chi connectivity index (χ2v) is 6.07. The molecule has 25 heavy (non-hydrogen) atoms. The lowest BCUT2D eigenvalue weighted by Gasteiger charge is -2.34. The smallest absolute Gasteiger partial charge is 0.410 e. The van der Waals surface area contributed by atoms with Crippen LogP contribution < -0.4 is 4.74 Å². The molecule has 4 rings (SSSR count). The molecule has 2 fully saturated rings. The molecule has 0 saturated carbocycles.